The lowest BCUT2D eigenvalue weighted by atomic mass is 9.98. The predicted molar refractivity (Wildman–Crippen MR) is 113 cm³/mol. The first-order valence-corrected chi connectivity index (χ1v) is 11.4. The molecule has 9 heteroatoms. The van der Waals surface area contributed by atoms with Gasteiger partial charge >= 0.3 is 0 Å². The highest BCUT2D eigenvalue weighted by molar-refractivity contribution is 7.92. The standard InChI is InChI=1S/C21H23N3O5S/c1-3-30(26,27)23-17-7-4-15(5-8-17)18-13-19(24(22-18)14(2)25)16-6-9-20-21(12-16)29-11-10-28-20/h4-9,12,19,23H,3,10-11,13H2,1-2H3. The van der Waals surface area contributed by atoms with Gasteiger partial charge in [-0.2, -0.15) is 5.10 Å². The third-order valence-electron chi connectivity index (χ3n) is 5.06. The fourth-order valence-electron chi connectivity index (χ4n) is 3.48. The summed E-state index contributed by atoms with van der Waals surface area (Å²) in [6.07, 6.45) is 0.541. The van der Waals surface area contributed by atoms with Gasteiger partial charge in [-0.25, -0.2) is 13.4 Å². The third kappa shape index (κ3) is 4.11. The van der Waals surface area contributed by atoms with E-state index in [4.69, 9.17) is 9.47 Å². The van der Waals surface area contributed by atoms with Crippen LogP contribution in [0.1, 0.15) is 37.4 Å². The van der Waals surface area contributed by atoms with E-state index in [1.165, 1.54) is 11.9 Å². The molecule has 0 saturated carbocycles. The number of hydrogen-bond donors (Lipinski definition) is 1. The van der Waals surface area contributed by atoms with E-state index in [0.717, 1.165) is 16.8 Å². The summed E-state index contributed by atoms with van der Waals surface area (Å²) in [6, 6.07) is 12.4. The van der Waals surface area contributed by atoms with E-state index in [1.54, 1.807) is 31.2 Å². The molecule has 0 spiro atoms. The number of carbonyl (C=O) groups excluding carboxylic acids is 1. The van der Waals surface area contributed by atoms with Crippen molar-refractivity contribution in [1.82, 2.24) is 5.01 Å². The molecular formula is C21H23N3O5S. The minimum atomic E-state index is -3.33. The molecule has 1 unspecified atom stereocenters. The first-order valence-electron chi connectivity index (χ1n) is 9.74. The zero-order valence-electron chi connectivity index (χ0n) is 16.8. The summed E-state index contributed by atoms with van der Waals surface area (Å²) < 4.78 is 37.2. The number of nitrogens with zero attached hydrogens (tertiary/aromatic N) is 2. The van der Waals surface area contributed by atoms with E-state index in [9.17, 15) is 13.2 Å². The molecule has 0 saturated heterocycles. The number of carbonyl (C=O) groups is 1. The van der Waals surface area contributed by atoms with Crippen LogP contribution in [0.5, 0.6) is 11.5 Å². The van der Waals surface area contributed by atoms with Crippen LogP contribution in [0.2, 0.25) is 0 Å². The SMILES string of the molecule is CCS(=O)(=O)Nc1ccc(C2=NN(C(C)=O)C(c3ccc4c(c3)OCCO4)C2)cc1. The molecule has 0 bridgehead atoms. The van der Waals surface area contributed by atoms with E-state index in [0.29, 0.717) is 36.8 Å². The van der Waals surface area contributed by atoms with Crippen LogP contribution in [0.3, 0.4) is 0 Å². The van der Waals surface area contributed by atoms with Gasteiger partial charge in [-0.3, -0.25) is 9.52 Å². The van der Waals surface area contributed by atoms with E-state index in [1.807, 2.05) is 18.2 Å². The Morgan fingerprint density at radius 2 is 1.83 bits per heavy atom. The number of hydrazone groups is 1. The zero-order chi connectivity index (χ0) is 21.3. The minimum Gasteiger partial charge on any atom is -0.486 e. The van der Waals surface area contributed by atoms with Gasteiger partial charge in [0.2, 0.25) is 15.9 Å². The number of benzene rings is 2. The molecule has 2 aromatic carbocycles. The van der Waals surface area contributed by atoms with Crippen LogP contribution in [0, 0.1) is 0 Å². The van der Waals surface area contributed by atoms with Crippen LogP contribution in [0.25, 0.3) is 0 Å². The highest BCUT2D eigenvalue weighted by Crippen LogP contribution is 2.38. The number of amides is 1. The van der Waals surface area contributed by atoms with Crippen molar-refractivity contribution in [2.45, 2.75) is 26.3 Å². The first kappa shape index (κ1) is 20.2. The highest BCUT2D eigenvalue weighted by Gasteiger charge is 2.32. The molecule has 8 nitrogen and oxygen atoms in total. The predicted octanol–water partition coefficient (Wildman–Crippen LogP) is 2.92. The number of nitrogens with one attached hydrogen (secondary N) is 1. The summed E-state index contributed by atoms with van der Waals surface area (Å²) in [7, 11) is -3.33. The third-order valence-corrected chi connectivity index (χ3v) is 6.36. The summed E-state index contributed by atoms with van der Waals surface area (Å²) in [4.78, 5) is 12.2. The van der Waals surface area contributed by atoms with Crippen molar-refractivity contribution >= 4 is 27.3 Å². The quantitative estimate of drug-likeness (QED) is 0.788. The molecule has 1 atom stereocenters. The number of hydrogen-bond acceptors (Lipinski definition) is 6. The molecular weight excluding hydrogens is 406 g/mol. The van der Waals surface area contributed by atoms with Crippen molar-refractivity contribution in [3.8, 4) is 11.5 Å². The number of sulfonamides is 1. The molecule has 0 fully saturated rings. The van der Waals surface area contributed by atoms with Crippen LogP contribution >= 0.6 is 0 Å². The molecule has 0 aromatic heterocycles. The Kier molecular flexibility index (Phi) is 5.38. The van der Waals surface area contributed by atoms with Gasteiger partial charge in [-0.15, -0.1) is 0 Å². The van der Waals surface area contributed by atoms with Gasteiger partial charge in [-0.05, 0) is 42.3 Å². The van der Waals surface area contributed by atoms with Crippen LogP contribution in [-0.4, -0.2) is 44.0 Å². The molecule has 2 aromatic rings. The lowest BCUT2D eigenvalue weighted by molar-refractivity contribution is -0.130. The second-order valence-corrected chi connectivity index (χ2v) is 9.13. The monoisotopic (exact) mass is 429 g/mol. The number of fused-ring (bicyclic) bond motifs is 1. The van der Waals surface area contributed by atoms with Crippen molar-refractivity contribution in [2.24, 2.45) is 5.10 Å². The molecule has 1 amide bonds. The van der Waals surface area contributed by atoms with E-state index in [2.05, 4.69) is 9.82 Å². The largest absolute Gasteiger partial charge is 0.486 e. The molecule has 2 aliphatic rings. The Hall–Kier alpha value is -3.07. The fourth-order valence-corrected chi connectivity index (χ4v) is 4.12. The normalized spacial score (nSPS) is 18.1. The van der Waals surface area contributed by atoms with Crippen molar-refractivity contribution in [3.05, 3.63) is 53.6 Å². The van der Waals surface area contributed by atoms with Crippen molar-refractivity contribution in [1.29, 1.82) is 0 Å². The van der Waals surface area contributed by atoms with Gasteiger partial charge in [0.1, 0.15) is 13.2 Å². The molecule has 4 rings (SSSR count). The molecule has 158 valence electrons. The van der Waals surface area contributed by atoms with Crippen molar-refractivity contribution in [3.63, 3.8) is 0 Å². The fraction of sp³-hybridized carbons (Fsp3) is 0.333. The number of rotatable bonds is 5. The topological polar surface area (TPSA) is 97.3 Å². The molecule has 0 aliphatic carbocycles. The van der Waals surface area contributed by atoms with Crippen molar-refractivity contribution < 1.29 is 22.7 Å². The molecule has 1 N–H and O–H groups in total. The van der Waals surface area contributed by atoms with Gasteiger partial charge in [0.25, 0.3) is 0 Å². The lowest BCUT2D eigenvalue weighted by Gasteiger charge is -2.23. The maximum Gasteiger partial charge on any atom is 0.240 e. The summed E-state index contributed by atoms with van der Waals surface area (Å²) in [5, 5.41) is 6.02. The van der Waals surface area contributed by atoms with Gasteiger partial charge < -0.3 is 9.47 Å². The Morgan fingerprint density at radius 3 is 2.50 bits per heavy atom. The Bertz CT molecular complexity index is 1100. The minimum absolute atomic E-state index is 0.00619. The van der Waals surface area contributed by atoms with E-state index in [-0.39, 0.29) is 17.7 Å². The van der Waals surface area contributed by atoms with Crippen LogP contribution < -0.4 is 14.2 Å². The molecule has 2 aliphatic heterocycles. The summed E-state index contributed by atoms with van der Waals surface area (Å²) in [5.74, 6) is 1.22. The van der Waals surface area contributed by atoms with Crippen molar-refractivity contribution in [2.75, 3.05) is 23.7 Å². The maximum absolute atomic E-state index is 12.2. The first-order chi connectivity index (χ1) is 14.4. The van der Waals surface area contributed by atoms with E-state index >= 15 is 0 Å². The zero-order valence-corrected chi connectivity index (χ0v) is 17.6. The second kappa shape index (κ2) is 7.98. The second-order valence-electron chi connectivity index (χ2n) is 7.12. The lowest BCUT2D eigenvalue weighted by Crippen LogP contribution is -2.24. The Labute approximate surface area is 175 Å². The molecule has 2 heterocycles. The van der Waals surface area contributed by atoms with Gasteiger partial charge in [0.05, 0.1) is 17.5 Å². The molecule has 0 radical (unpaired) electrons. The number of ether oxygens (including phenoxy) is 2. The van der Waals surface area contributed by atoms with Gasteiger partial charge in [-0.1, -0.05) is 18.2 Å². The van der Waals surface area contributed by atoms with Gasteiger partial charge in [0.15, 0.2) is 11.5 Å². The van der Waals surface area contributed by atoms with Gasteiger partial charge in [0, 0.05) is 19.0 Å². The highest BCUT2D eigenvalue weighted by atomic mass is 32.2. The Balaban J connectivity index is 1.57. The smallest absolute Gasteiger partial charge is 0.240 e. The van der Waals surface area contributed by atoms with Crippen LogP contribution in [0.4, 0.5) is 5.69 Å². The van der Waals surface area contributed by atoms with E-state index < -0.39 is 10.0 Å². The molecule has 30 heavy (non-hydrogen) atoms. The Morgan fingerprint density at radius 1 is 1.13 bits per heavy atom. The average Bonchev–Trinajstić information content (AvgIpc) is 3.19. The summed E-state index contributed by atoms with van der Waals surface area (Å²) in [6.45, 7) is 4.08. The average molecular weight is 429 g/mol. The summed E-state index contributed by atoms with van der Waals surface area (Å²) >= 11 is 0. The maximum atomic E-state index is 12.2. The van der Waals surface area contributed by atoms with Crippen LogP contribution in [0.15, 0.2) is 47.6 Å². The number of anilines is 1. The summed E-state index contributed by atoms with van der Waals surface area (Å²) in [5.41, 5.74) is 3.00. The van der Waals surface area contributed by atoms with Crippen LogP contribution in [-0.2, 0) is 14.8 Å².